The van der Waals surface area contributed by atoms with E-state index >= 15 is 0 Å². The van der Waals surface area contributed by atoms with Crippen LogP contribution in [0.15, 0.2) is 76.3 Å². The lowest BCUT2D eigenvalue weighted by molar-refractivity contribution is -0.137. The number of nitrogens with zero attached hydrogens (tertiary/aromatic N) is 1. The van der Waals surface area contributed by atoms with Crippen LogP contribution in [0.3, 0.4) is 0 Å². The van der Waals surface area contributed by atoms with E-state index in [1.54, 1.807) is 0 Å². The number of hydrogen-bond donors (Lipinski definition) is 2. The first-order valence-electron chi connectivity index (χ1n) is 10.5. The lowest BCUT2D eigenvalue weighted by atomic mass is 9.88. The molecule has 0 spiro atoms. The summed E-state index contributed by atoms with van der Waals surface area (Å²) >= 11 is 0. The summed E-state index contributed by atoms with van der Waals surface area (Å²) in [5, 5.41) is 24.7. The Morgan fingerprint density at radius 1 is 1.00 bits per heavy atom. The maximum atomic E-state index is 11.5. The molecule has 4 aromatic rings. The lowest BCUT2D eigenvalue weighted by Gasteiger charge is -2.17. The van der Waals surface area contributed by atoms with Gasteiger partial charge in [-0.2, -0.15) is 0 Å². The van der Waals surface area contributed by atoms with Gasteiger partial charge in [0, 0.05) is 22.3 Å². The van der Waals surface area contributed by atoms with Gasteiger partial charge in [0.2, 0.25) is 0 Å². The summed E-state index contributed by atoms with van der Waals surface area (Å²) in [4.78, 5) is 11.5. The number of aryl methyl sites for hydroxylation is 2. The monoisotopic (exact) mass is 415 g/mol. The number of hydrogen-bond acceptors (Lipinski definition) is 4. The molecular weight excluding hydrogens is 390 g/mol. The Labute approximate surface area is 180 Å². The number of rotatable bonds is 8. The molecule has 1 atom stereocenters. The molecule has 5 nitrogen and oxygen atoms in total. The van der Waals surface area contributed by atoms with Crippen LogP contribution in [0.4, 0.5) is 0 Å². The third-order valence-electron chi connectivity index (χ3n) is 5.73. The molecule has 0 saturated heterocycles. The summed E-state index contributed by atoms with van der Waals surface area (Å²) < 4.78 is 5.87. The van der Waals surface area contributed by atoms with Crippen LogP contribution in [0.1, 0.15) is 36.0 Å². The van der Waals surface area contributed by atoms with Crippen LogP contribution < -0.4 is 0 Å². The standard InChI is InChI=1S/C26H25NO4/c1-17-9-11-18(12-10-17)5-4-6-19(16-25(28)29)26(27-30)20-13-14-24-22(15-20)21-7-2-3-8-23(21)31-24/h2-3,7-15,19,30H,4-6,16H2,1H3,(H,28,29). The molecule has 0 bridgehead atoms. The first-order valence-corrected chi connectivity index (χ1v) is 10.5. The molecule has 1 aromatic heterocycles. The molecule has 31 heavy (non-hydrogen) atoms. The van der Waals surface area contributed by atoms with E-state index in [4.69, 9.17) is 4.42 Å². The fraction of sp³-hybridized carbons (Fsp3) is 0.231. The topological polar surface area (TPSA) is 83.0 Å². The van der Waals surface area contributed by atoms with E-state index < -0.39 is 5.97 Å². The maximum absolute atomic E-state index is 11.5. The first kappa shape index (κ1) is 20.7. The average Bonchev–Trinajstić information content (AvgIpc) is 3.13. The summed E-state index contributed by atoms with van der Waals surface area (Å²) in [6, 6.07) is 21.7. The highest BCUT2D eigenvalue weighted by Gasteiger charge is 2.22. The number of benzene rings is 3. The maximum Gasteiger partial charge on any atom is 0.304 e. The predicted molar refractivity (Wildman–Crippen MR) is 122 cm³/mol. The second kappa shape index (κ2) is 9.04. The molecule has 0 amide bonds. The van der Waals surface area contributed by atoms with E-state index in [2.05, 4.69) is 36.3 Å². The lowest BCUT2D eigenvalue weighted by Crippen LogP contribution is -2.20. The molecular formula is C26H25NO4. The minimum absolute atomic E-state index is 0.0859. The van der Waals surface area contributed by atoms with Crippen molar-refractivity contribution in [3.63, 3.8) is 0 Å². The van der Waals surface area contributed by atoms with Gasteiger partial charge in [-0.3, -0.25) is 4.79 Å². The number of aliphatic carboxylic acids is 1. The van der Waals surface area contributed by atoms with Crippen molar-refractivity contribution in [2.75, 3.05) is 0 Å². The van der Waals surface area contributed by atoms with Crippen LogP contribution in [0.25, 0.3) is 21.9 Å². The van der Waals surface area contributed by atoms with E-state index in [1.165, 1.54) is 11.1 Å². The van der Waals surface area contributed by atoms with Crippen molar-refractivity contribution in [2.24, 2.45) is 11.1 Å². The van der Waals surface area contributed by atoms with Gasteiger partial charge in [-0.05, 0) is 56.0 Å². The normalized spacial score (nSPS) is 13.0. The smallest absolute Gasteiger partial charge is 0.304 e. The van der Waals surface area contributed by atoms with Gasteiger partial charge >= 0.3 is 5.97 Å². The van der Waals surface area contributed by atoms with Crippen LogP contribution in [0.5, 0.6) is 0 Å². The molecule has 4 rings (SSSR count). The van der Waals surface area contributed by atoms with Crippen molar-refractivity contribution >= 4 is 33.6 Å². The Morgan fingerprint density at radius 3 is 2.48 bits per heavy atom. The zero-order valence-corrected chi connectivity index (χ0v) is 17.4. The largest absolute Gasteiger partial charge is 0.481 e. The number of carboxylic acids is 1. The van der Waals surface area contributed by atoms with Gasteiger partial charge in [0.25, 0.3) is 0 Å². The Kier molecular flexibility index (Phi) is 6.03. The fourth-order valence-electron chi connectivity index (χ4n) is 4.11. The highest BCUT2D eigenvalue weighted by molar-refractivity contribution is 6.10. The van der Waals surface area contributed by atoms with E-state index in [9.17, 15) is 15.1 Å². The molecule has 0 saturated carbocycles. The van der Waals surface area contributed by atoms with Gasteiger partial charge in [0.1, 0.15) is 11.2 Å². The molecule has 0 fully saturated rings. The highest BCUT2D eigenvalue weighted by atomic mass is 16.4. The Morgan fingerprint density at radius 2 is 1.74 bits per heavy atom. The quantitative estimate of drug-likeness (QED) is 0.204. The third-order valence-corrected chi connectivity index (χ3v) is 5.73. The number of oxime groups is 1. The van der Waals surface area contributed by atoms with Crippen molar-refractivity contribution in [1.82, 2.24) is 0 Å². The molecule has 0 radical (unpaired) electrons. The van der Waals surface area contributed by atoms with Crippen LogP contribution in [-0.2, 0) is 11.2 Å². The van der Waals surface area contributed by atoms with Crippen LogP contribution in [0.2, 0.25) is 0 Å². The summed E-state index contributed by atoms with van der Waals surface area (Å²) in [6.45, 7) is 2.05. The van der Waals surface area contributed by atoms with Crippen molar-refractivity contribution in [2.45, 2.75) is 32.6 Å². The SMILES string of the molecule is Cc1ccc(CCCC(CC(=O)O)C(=NO)c2ccc3oc4ccccc4c3c2)cc1. The summed E-state index contributed by atoms with van der Waals surface area (Å²) in [5.41, 5.74) is 5.08. The van der Waals surface area contributed by atoms with E-state index in [0.29, 0.717) is 17.7 Å². The minimum Gasteiger partial charge on any atom is -0.481 e. The first-order chi connectivity index (χ1) is 15.0. The van der Waals surface area contributed by atoms with Crippen molar-refractivity contribution < 1.29 is 19.5 Å². The molecule has 1 unspecified atom stereocenters. The second-order valence-corrected chi connectivity index (χ2v) is 7.97. The van der Waals surface area contributed by atoms with Crippen LogP contribution in [0, 0.1) is 12.8 Å². The van der Waals surface area contributed by atoms with Gasteiger partial charge in [-0.1, -0.05) is 53.2 Å². The zero-order chi connectivity index (χ0) is 21.8. The highest BCUT2D eigenvalue weighted by Crippen LogP contribution is 2.31. The molecule has 3 aromatic carbocycles. The minimum atomic E-state index is -0.906. The van der Waals surface area contributed by atoms with E-state index in [1.807, 2.05) is 42.5 Å². The molecule has 0 aliphatic rings. The van der Waals surface area contributed by atoms with Gasteiger partial charge in [-0.25, -0.2) is 0 Å². The summed E-state index contributed by atoms with van der Waals surface area (Å²) in [6.07, 6.45) is 2.18. The van der Waals surface area contributed by atoms with Crippen molar-refractivity contribution in [1.29, 1.82) is 0 Å². The van der Waals surface area contributed by atoms with Gasteiger partial charge in [0.05, 0.1) is 12.1 Å². The number of fused-ring (bicyclic) bond motifs is 3. The van der Waals surface area contributed by atoms with Gasteiger partial charge in [0.15, 0.2) is 0 Å². The Balaban J connectivity index is 1.59. The van der Waals surface area contributed by atoms with Gasteiger partial charge in [-0.15, -0.1) is 0 Å². The Hall–Kier alpha value is -3.60. The number of carboxylic acid groups (broad SMARTS) is 1. The fourth-order valence-corrected chi connectivity index (χ4v) is 4.11. The Bertz CT molecular complexity index is 1240. The number of carbonyl (C=O) groups is 1. The molecule has 1 heterocycles. The van der Waals surface area contributed by atoms with Crippen LogP contribution >= 0.6 is 0 Å². The van der Waals surface area contributed by atoms with Gasteiger partial charge < -0.3 is 14.7 Å². The summed E-state index contributed by atoms with van der Waals surface area (Å²) in [5.74, 6) is -1.29. The zero-order valence-electron chi connectivity index (χ0n) is 17.4. The number of para-hydroxylation sites is 1. The third kappa shape index (κ3) is 4.61. The second-order valence-electron chi connectivity index (χ2n) is 7.97. The average molecular weight is 415 g/mol. The number of furan rings is 1. The molecule has 5 heteroatoms. The van der Waals surface area contributed by atoms with Crippen LogP contribution in [-0.4, -0.2) is 22.0 Å². The summed E-state index contributed by atoms with van der Waals surface area (Å²) in [7, 11) is 0. The van der Waals surface area contributed by atoms with Crippen molar-refractivity contribution in [3.8, 4) is 0 Å². The van der Waals surface area contributed by atoms with E-state index in [-0.39, 0.29) is 12.3 Å². The molecule has 0 aliphatic heterocycles. The molecule has 0 aliphatic carbocycles. The van der Waals surface area contributed by atoms with E-state index in [0.717, 1.165) is 34.8 Å². The molecule has 2 N–H and O–H groups in total. The van der Waals surface area contributed by atoms with Crippen molar-refractivity contribution in [3.05, 3.63) is 83.4 Å². The predicted octanol–water partition coefficient (Wildman–Crippen LogP) is 6.19. The molecule has 158 valence electrons.